The Morgan fingerprint density at radius 3 is 2.67 bits per heavy atom. The predicted octanol–water partition coefficient (Wildman–Crippen LogP) is 3.43. The molecule has 1 N–H and O–H groups in total. The van der Waals surface area contributed by atoms with Crippen LogP contribution in [0.1, 0.15) is 45.3 Å². The van der Waals surface area contributed by atoms with E-state index in [0.717, 1.165) is 24.9 Å². The second-order valence-corrected chi connectivity index (χ2v) is 5.46. The molecule has 3 atom stereocenters. The van der Waals surface area contributed by atoms with E-state index in [1.165, 1.54) is 12.1 Å². The fourth-order valence-corrected chi connectivity index (χ4v) is 2.62. The molecule has 100 valence electrons. The Labute approximate surface area is 109 Å². The lowest BCUT2D eigenvalue weighted by atomic mass is 9.93. The molecule has 1 saturated heterocycles. The molecule has 0 amide bonds. The molecule has 0 aromatic heterocycles. The zero-order chi connectivity index (χ0) is 13.2. The lowest BCUT2D eigenvalue weighted by Gasteiger charge is -2.43. The summed E-state index contributed by atoms with van der Waals surface area (Å²) in [7, 11) is 0. The normalized spacial score (nSPS) is 32.4. The Morgan fingerprint density at radius 2 is 2.06 bits per heavy atom. The third-order valence-corrected chi connectivity index (χ3v) is 3.64. The molecule has 1 aliphatic rings. The van der Waals surface area contributed by atoms with Crippen LogP contribution in [0, 0.1) is 5.82 Å². The van der Waals surface area contributed by atoms with Gasteiger partial charge in [-0.1, -0.05) is 25.5 Å². The summed E-state index contributed by atoms with van der Waals surface area (Å²) in [6.45, 7) is 7.30. The van der Waals surface area contributed by atoms with Crippen LogP contribution in [-0.2, 0) is 4.74 Å². The fourth-order valence-electron chi connectivity index (χ4n) is 2.62. The average molecular weight is 251 g/mol. The monoisotopic (exact) mass is 251 g/mol. The molecule has 1 aliphatic heterocycles. The van der Waals surface area contributed by atoms with Crippen molar-refractivity contribution >= 4 is 0 Å². The van der Waals surface area contributed by atoms with Gasteiger partial charge in [-0.25, -0.2) is 4.39 Å². The van der Waals surface area contributed by atoms with Crippen LogP contribution >= 0.6 is 0 Å². The van der Waals surface area contributed by atoms with Gasteiger partial charge in [0.25, 0.3) is 0 Å². The summed E-state index contributed by atoms with van der Waals surface area (Å²) in [5.41, 5.74) is 0.916. The molecule has 0 bridgehead atoms. The van der Waals surface area contributed by atoms with Crippen molar-refractivity contribution in [3.63, 3.8) is 0 Å². The largest absolute Gasteiger partial charge is 0.364 e. The van der Waals surface area contributed by atoms with Crippen LogP contribution in [0.2, 0.25) is 0 Å². The number of benzene rings is 1. The molecule has 0 aliphatic carbocycles. The maximum atomic E-state index is 13.0. The van der Waals surface area contributed by atoms with E-state index in [-0.39, 0.29) is 23.6 Å². The maximum absolute atomic E-state index is 13.0. The third kappa shape index (κ3) is 2.90. The first-order valence-electron chi connectivity index (χ1n) is 6.71. The standard InChI is InChI=1S/C15H22FNO/c1-4-9-15(3)10-17-11(2)14(18-15)12-5-7-13(16)8-6-12/h5-8,11,14,17H,4,9-10H2,1-3H3. The van der Waals surface area contributed by atoms with E-state index in [0.29, 0.717) is 0 Å². The van der Waals surface area contributed by atoms with Crippen molar-refractivity contribution in [1.29, 1.82) is 0 Å². The molecule has 1 aromatic carbocycles. The summed E-state index contributed by atoms with van der Waals surface area (Å²) < 4.78 is 19.2. The summed E-state index contributed by atoms with van der Waals surface area (Å²) >= 11 is 0. The fraction of sp³-hybridized carbons (Fsp3) is 0.600. The van der Waals surface area contributed by atoms with Crippen LogP contribution in [0.15, 0.2) is 24.3 Å². The Bertz CT molecular complexity index is 392. The molecule has 0 radical (unpaired) electrons. The van der Waals surface area contributed by atoms with Crippen molar-refractivity contribution in [3.8, 4) is 0 Å². The van der Waals surface area contributed by atoms with E-state index >= 15 is 0 Å². The van der Waals surface area contributed by atoms with Gasteiger partial charge in [0.05, 0.1) is 11.7 Å². The summed E-state index contributed by atoms with van der Waals surface area (Å²) in [5.74, 6) is -0.202. The van der Waals surface area contributed by atoms with Gasteiger partial charge in [-0.05, 0) is 38.0 Å². The molecule has 2 nitrogen and oxygen atoms in total. The van der Waals surface area contributed by atoms with Crippen molar-refractivity contribution in [2.75, 3.05) is 6.54 Å². The summed E-state index contributed by atoms with van der Waals surface area (Å²) in [6, 6.07) is 6.88. The van der Waals surface area contributed by atoms with Gasteiger partial charge in [0, 0.05) is 12.6 Å². The molecule has 3 heteroatoms. The molecular weight excluding hydrogens is 229 g/mol. The van der Waals surface area contributed by atoms with Crippen LogP contribution in [0.5, 0.6) is 0 Å². The molecule has 1 aromatic rings. The smallest absolute Gasteiger partial charge is 0.123 e. The van der Waals surface area contributed by atoms with E-state index in [4.69, 9.17) is 4.74 Å². The molecular formula is C15H22FNO. The van der Waals surface area contributed by atoms with Gasteiger partial charge in [0.2, 0.25) is 0 Å². The second-order valence-electron chi connectivity index (χ2n) is 5.46. The van der Waals surface area contributed by atoms with Gasteiger partial charge in [-0.15, -0.1) is 0 Å². The van der Waals surface area contributed by atoms with Gasteiger partial charge in [-0.2, -0.15) is 0 Å². The van der Waals surface area contributed by atoms with Crippen molar-refractivity contribution in [3.05, 3.63) is 35.6 Å². The highest BCUT2D eigenvalue weighted by Crippen LogP contribution is 2.33. The van der Waals surface area contributed by atoms with Gasteiger partial charge in [0.1, 0.15) is 5.82 Å². The quantitative estimate of drug-likeness (QED) is 0.888. The lowest BCUT2D eigenvalue weighted by molar-refractivity contribution is -0.129. The Morgan fingerprint density at radius 1 is 1.39 bits per heavy atom. The van der Waals surface area contributed by atoms with Gasteiger partial charge in [0.15, 0.2) is 0 Å². The van der Waals surface area contributed by atoms with Crippen molar-refractivity contribution in [2.45, 2.75) is 51.4 Å². The Kier molecular flexibility index (Phi) is 4.03. The van der Waals surface area contributed by atoms with Crippen molar-refractivity contribution in [1.82, 2.24) is 5.32 Å². The first kappa shape index (κ1) is 13.5. The summed E-state index contributed by atoms with van der Waals surface area (Å²) in [4.78, 5) is 0. The van der Waals surface area contributed by atoms with Crippen LogP contribution in [0.4, 0.5) is 4.39 Å². The SMILES string of the molecule is CCCC1(C)CNC(C)C(c2ccc(F)cc2)O1. The summed E-state index contributed by atoms with van der Waals surface area (Å²) in [5, 5.41) is 3.50. The molecule has 0 saturated carbocycles. The molecule has 3 unspecified atom stereocenters. The maximum Gasteiger partial charge on any atom is 0.123 e. The number of hydrogen-bond acceptors (Lipinski definition) is 2. The first-order valence-corrected chi connectivity index (χ1v) is 6.71. The lowest BCUT2D eigenvalue weighted by Crippen LogP contribution is -2.53. The predicted molar refractivity (Wildman–Crippen MR) is 71.0 cm³/mol. The number of morpholine rings is 1. The average Bonchev–Trinajstić information content (AvgIpc) is 2.34. The molecule has 0 spiro atoms. The molecule has 1 fully saturated rings. The van der Waals surface area contributed by atoms with Crippen LogP contribution < -0.4 is 5.32 Å². The number of halogens is 1. The number of rotatable bonds is 3. The van der Waals surface area contributed by atoms with E-state index in [2.05, 4.69) is 26.1 Å². The highest BCUT2D eigenvalue weighted by Gasteiger charge is 2.36. The second kappa shape index (κ2) is 5.37. The van der Waals surface area contributed by atoms with E-state index < -0.39 is 0 Å². The Hall–Kier alpha value is -0.930. The topological polar surface area (TPSA) is 21.3 Å². The van der Waals surface area contributed by atoms with Gasteiger partial charge >= 0.3 is 0 Å². The number of ether oxygens (including phenoxy) is 1. The van der Waals surface area contributed by atoms with Crippen molar-refractivity contribution < 1.29 is 9.13 Å². The zero-order valence-corrected chi connectivity index (χ0v) is 11.4. The Balaban J connectivity index is 2.17. The third-order valence-electron chi connectivity index (χ3n) is 3.64. The summed E-state index contributed by atoms with van der Waals surface area (Å²) in [6.07, 6.45) is 2.13. The first-order chi connectivity index (χ1) is 8.54. The van der Waals surface area contributed by atoms with E-state index in [1.807, 2.05) is 12.1 Å². The number of hydrogen-bond donors (Lipinski definition) is 1. The minimum atomic E-state index is -0.202. The zero-order valence-electron chi connectivity index (χ0n) is 11.4. The van der Waals surface area contributed by atoms with Crippen LogP contribution in [-0.4, -0.2) is 18.2 Å². The van der Waals surface area contributed by atoms with E-state index in [9.17, 15) is 4.39 Å². The number of nitrogens with one attached hydrogen (secondary N) is 1. The van der Waals surface area contributed by atoms with Gasteiger partial charge in [-0.3, -0.25) is 0 Å². The van der Waals surface area contributed by atoms with Crippen LogP contribution in [0.3, 0.4) is 0 Å². The molecule has 18 heavy (non-hydrogen) atoms. The minimum absolute atomic E-state index is 0.00380. The minimum Gasteiger partial charge on any atom is -0.364 e. The molecule has 2 rings (SSSR count). The van der Waals surface area contributed by atoms with Gasteiger partial charge < -0.3 is 10.1 Å². The van der Waals surface area contributed by atoms with Crippen LogP contribution in [0.25, 0.3) is 0 Å². The molecule has 1 heterocycles. The van der Waals surface area contributed by atoms with E-state index in [1.54, 1.807) is 0 Å². The highest BCUT2D eigenvalue weighted by atomic mass is 19.1. The highest BCUT2D eigenvalue weighted by molar-refractivity contribution is 5.21. The van der Waals surface area contributed by atoms with Crippen molar-refractivity contribution in [2.24, 2.45) is 0 Å².